The molecule has 0 N–H and O–H groups in total. The average molecular weight is 700 g/mol. The molecule has 0 saturated heterocycles. The largest absolute Gasteiger partial charge is 0.310 e. The Morgan fingerprint density at radius 2 is 0.868 bits per heavy atom. The molecule has 0 unspecified atom stereocenters. The summed E-state index contributed by atoms with van der Waals surface area (Å²) >= 11 is 1.95. The standard InChI is InChI=1S/C51H41NS/c1-49(2)38-19-11-7-15-32(38)34-25-23-30(27-41(34)49)52(31-24-26-35-33-16-8-12-20-39(33)50(3,4)42(35)28-31)44-29-43-46(36-17-9-13-21-40(36)51(43,5)6)48-47(44)37-18-10-14-22-45(37)53-48/h7-29H,1-6H3. The van der Waals surface area contributed by atoms with Gasteiger partial charge < -0.3 is 4.90 Å². The Morgan fingerprint density at radius 1 is 0.415 bits per heavy atom. The molecule has 256 valence electrons. The molecule has 0 fully saturated rings. The van der Waals surface area contributed by atoms with Crippen LogP contribution in [0.3, 0.4) is 0 Å². The van der Waals surface area contributed by atoms with Gasteiger partial charge >= 0.3 is 0 Å². The van der Waals surface area contributed by atoms with Crippen LogP contribution in [0.25, 0.3) is 53.6 Å². The highest BCUT2D eigenvalue weighted by Gasteiger charge is 2.41. The van der Waals surface area contributed by atoms with Crippen molar-refractivity contribution in [2.75, 3.05) is 4.90 Å². The first-order valence-electron chi connectivity index (χ1n) is 18.9. The van der Waals surface area contributed by atoms with Gasteiger partial charge in [0, 0.05) is 53.4 Å². The summed E-state index contributed by atoms with van der Waals surface area (Å²) in [5, 5.41) is 2.66. The number of anilines is 3. The maximum Gasteiger partial charge on any atom is 0.0558 e. The maximum atomic E-state index is 2.60. The average Bonchev–Trinajstić information content (AvgIpc) is 3.81. The summed E-state index contributed by atoms with van der Waals surface area (Å²) in [6.45, 7) is 14.4. The minimum absolute atomic E-state index is 0.110. The van der Waals surface area contributed by atoms with E-state index in [1.807, 2.05) is 11.3 Å². The summed E-state index contributed by atoms with van der Waals surface area (Å²) in [4.78, 5) is 2.60. The van der Waals surface area contributed by atoms with Gasteiger partial charge in [0.2, 0.25) is 0 Å². The molecule has 0 saturated carbocycles. The Bertz CT molecular complexity index is 2770. The fraction of sp³-hybridized carbons (Fsp3) is 0.176. The van der Waals surface area contributed by atoms with Gasteiger partial charge in [-0.2, -0.15) is 0 Å². The normalized spacial score (nSPS) is 16.2. The first-order valence-corrected chi connectivity index (χ1v) is 19.8. The fourth-order valence-electron chi connectivity index (χ4n) is 10.3. The molecule has 53 heavy (non-hydrogen) atoms. The van der Waals surface area contributed by atoms with Crippen molar-refractivity contribution in [1.82, 2.24) is 0 Å². The first kappa shape index (κ1) is 31.1. The maximum absolute atomic E-state index is 2.60. The molecule has 0 spiro atoms. The third-order valence-electron chi connectivity index (χ3n) is 13.1. The Balaban J connectivity index is 1.24. The minimum Gasteiger partial charge on any atom is -0.310 e. The van der Waals surface area contributed by atoms with Crippen LogP contribution in [0.1, 0.15) is 74.9 Å². The first-order chi connectivity index (χ1) is 25.6. The quantitative estimate of drug-likeness (QED) is 0.177. The molecule has 0 amide bonds. The molecule has 0 atom stereocenters. The van der Waals surface area contributed by atoms with Gasteiger partial charge in [-0.15, -0.1) is 11.3 Å². The van der Waals surface area contributed by atoms with E-state index >= 15 is 0 Å². The van der Waals surface area contributed by atoms with E-state index in [0.717, 1.165) is 0 Å². The summed E-state index contributed by atoms with van der Waals surface area (Å²) < 4.78 is 2.71. The van der Waals surface area contributed by atoms with E-state index in [0.29, 0.717) is 0 Å². The van der Waals surface area contributed by atoms with Crippen LogP contribution >= 0.6 is 11.3 Å². The van der Waals surface area contributed by atoms with Crippen LogP contribution in [0.4, 0.5) is 17.1 Å². The van der Waals surface area contributed by atoms with Crippen LogP contribution in [0, 0.1) is 0 Å². The molecule has 0 radical (unpaired) electrons. The second-order valence-corrected chi connectivity index (χ2v) is 18.0. The topological polar surface area (TPSA) is 3.24 Å². The van der Waals surface area contributed by atoms with Crippen molar-refractivity contribution in [3.05, 3.63) is 173 Å². The Morgan fingerprint density at radius 3 is 1.45 bits per heavy atom. The summed E-state index contributed by atoms with van der Waals surface area (Å²) in [6, 6.07) is 53.1. The van der Waals surface area contributed by atoms with Crippen LogP contribution in [0.15, 0.2) is 140 Å². The summed E-state index contributed by atoms with van der Waals surface area (Å²) in [6.07, 6.45) is 0. The van der Waals surface area contributed by atoms with Gasteiger partial charge in [-0.3, -0.25) is 0 Å². The van der Waals surface area contributed by atoms with Crippen molar-refractivity contribution in [3.63, 3.8) is 0 Å². The van der Waals surface area contributed by atoms with E-state index in [9.17, 15) is 0 Å². The number of benzene rings is 7. The molecule has 2 heteroatoms. The molecule has 11 rings (SSSR count). The van der Waals surface area contributed by atoms with Crippen molar-refractivity contribution < 1.29 is 0 Å². The van der Waals surface area contributed by atoms with E-state index in [2.05, 4.69) is 186 Å². The van der Waals surface area contributed by atoms with E-state index in [1.165, 1.54) is 104 Å². The number of hydrogen-bond acceptors (Lipinski definition) is 2. The minimum atomic E-state index is -0.139. The Labute approximate surface area is 316 Å². The van der Waals surface area contributed by atoms with Crippen molar-refractivity contribution in [2.24, 2.45) is 0 Å². The molecular weight excluding hydrogens is 659 g/mol. The third-order valence-corrected chi connectivity index (χ3v) is 14.3. The lowest BCUT2D eigenvalue weighted by atomic mass is 9.81. The number of fused-ring (bicyclic) bond motifs is 13. The molecule has 0 aliphatic heterocycles. The monoisotopic (exact) mass is 699 g/mol. The van der Waals surface area contributed by atoms with E-state index in [-0.39, 0.29) is 16.2 Å². The number of thiophene rings is 1. The van der Waals surface area contributed by atoms with Gasteiger partial charge in [-0.05, 0) is 97.6 Å². The van der Waals surface area contributed by atoms with Gasteiger partial charge in [0.15, 0.2) is 0 Å². The fourth-order valence-corrected chi connectivity index (χ4v) is 11.6. The molecule has 1 aromatic heterocycles. The molecule has 7 aromatic carbocycles. The number of rotatable bonds is 3. The van der Waals surface area contributed by atoms with Gasteiger partial charge in [0.25, 0.3) is 0 Å². The highest BCUT2D eigenvalue weighted by molar-refractivity contribution is 7.26. The molecule has 0 bridgehead atoms. The van der Waals surface area contributed by atoms with Crippen LogP contribution in [0.5, 0.6) is 0 Å². The summed E-state index contributed by atoms with van der Waals surface area (Å²) in [7, 11) is 0. The molecule has 3 aliphatic rings. The van der Waals surface area contributed by atoms with Gasteiger partial charge in [-0.1, -0.05) is 145 Å². The van der Waals surface area contributed by atoms with E-state index in [4.69, 9.17) is 0 Å². The SMILES string of the molecule is CC1(C)c2ccccc2-c2ccc(N(c3ccc4c(c3)C(C)(C)c3ccccc3-4)c3cc4c(c5sc6ccccc6c35)-c3ccccc3C4(C)C)cc21. The third kappa shape index (κ3) is 3.97. The van der Waals surface area contributed by atoms with Crippen molar-refractivity contribution in [1.29, 1.82) is 0 Å². The van der Waals surface area contributed by atoms with Crippen molar-refractivity contribution in [2.45, 2.75) is 57.8 Å². The predicted octanol–water partition coefficient (Wildman–Crippen LogP) is 14.4. The van der Waals surface area contributed by atoms with Gasteiger partial charge in [0.1, 0.15) is 0 Å². The Kier molecular flexibility index (Phi) is 6.09. The second-order valence-electron chi connectivity index (χ2n) is 16.9. The lowest BCUT2D eigenvalue weighted by Crippen LogP contribution is -2.19. The lowest BCUT2D eigenvalue weighted by Gasteiger charge is -2.31. The van der Waals surface area contributed by atoms with Crippen LogP contribution in [0.2, 0.25) is 0 Å². The highest BCUT2D eigenvalue weighted by atomic mass is 32.1. The smallest absolute Gasteiger partial charge is 0.0558 e. The zero-order valence-corrected chi connectivity index (χ0v) is 32.0. The van der Waals surface area contributed by atoms with E-state index < -0.39 is 0 Å². The summed E-state index contributed by atoms with van der Waals surface area (Å²) in [5.41, 5.74) is 19.8. The van der Waals surface area contributed by atoms with Crippen LogP contribution in [-0.2, 0) is 16.2 Å². The van der Waals surface area contributed by atoms with Gasteiger partial charge in [-0.25, -0.2) is 0 Å². The van der Waals surface area contributed by atoms with Crippen LogP contribution in [-0.4, -0.2) is 0 Å². The predicted molar refractivity (Wildman–Crippen MR) is 227 cm³/mol. The zero-order valence-electron chi connectivity index (χ0n) is 31.1. The number of hydrogen-bond donors (Lipinski definition) is 0. The number of nitrogens with zero attached hydrogens (tertiary/aromatic N) is 1. The lowest BCUT2D eigenvalue weighted by molar-refractivity contribution is 0.659. The van der Waals surface area contributed by atoms with Gasteiger partial charge in [0.05, 0.1) is 5.69 Å². The molecule has 1 nitrogen and oxygen atoms in total. The highest BCUT2D eigenvalue weighted by Crippen LogP contribution is 2.59. The van der Waals surface area contributed by atoms with Crippen molar-refractivity contribution in [3.8, 4) is 33.4 Å². The zero-order chi connectivity index (χ0) is 36.0. The van der Waals surface area contributed by atoms with Crippen molar-refractivity contribution >= 4 is 48.6 Å². The van der Waals surface area contributed by atoms with E-state index in [1.54, 1.807) is 0 Å². The molecule has 8 aromatic rings. The Hall–Kier alpha value is -5.44. The summed E-state index contributed by atoms with van der Waals surface area (Å²) in [5.74, 6) is 0. The molecule has 3 aliphatic carbocycles. The molecule has 1 heterocycles. The molecular formula is C51H41NS. The second kappa shape index (κ2) is 10.4. The van der Waals surface area contributed by atoms with Crippen LogP contribution < -0.4 is 4.90 Å².